The first-order valence-corrected chi connectivity index (χ1v) is 8.28. The maximum atomic E-state index is 12.4. The monoisotopic (exact) mass is 375 g/mol. The van der Waals surface area contributed by atoms with Crippen LogP contribution in [0.2, 0.25) is 0 Å². The average molecular weight is 376 g/mol. The summed E-state index contributed by atoms with van der Waals surface area (Å²) in [5, 5.41) is 3.02. The lowest BCUT2D eigenvalue weighted by Crippen LogP contribution is -2.52. The first kappa shape index (κ1) is 23.2. The fraction of sp³-hybridized carbons (Fsp3) is 0.611. The molecule has 138 valence electrons. The Bertz CT molecular complexity index is 488. The number of carbonyl (C=O) groups is 1. The molecular formula is C18H31Cl2N3O. The summed E-state index contributed by atoms with van der Waals surface area (Å²) in [7, 11) is 0. The van der Waals surface area contributed by atoms with Crippen LogP contribution in [0, 0.1) is 5.92 Å². The Kier molecular flexibility index (Phi) is 9.90. The molecule has 4 nitrogen and oxygen atoms in total. The standard InChI is InChI=1S/C18H29N3O.2ClH/c1-14-9-11-21(12-10-14)15(2)13-20-17(22)18(3,19)16-7-5-4-6-8-16;;/h4-8,14-15H,9-13,19H2,1-3H3,(H,20,22);2*1H. The van der Waals surface area contributed by atoms with Crippen molar-refractivity contribution in [1.29, 1.82) is 0 Å². The number of nitrogens with two attached hydrogens (primary N) is 1. The lowest BCUT2D eigenvalue weighted by Gasteiger charge is -2.35. The molecule has 0 saturated carbocycles. The van der Waals surface area contributed by atoms with Crippen LogP contribution in [0.4, 0.5) is 0 Å². The van der Waals surface area contributed by atoms with E-state index in [1.807, 2.05) is 30.3 Å². The molecule has 1 aromatic carbocycles. The van der Waals surface area contributed by atoms with E-state index < -0.39 is 5.54 Å². The van der Waals surface area contributed by atoms with Gasteiger partial charge in [-0.15, -0.1) is 24.8 Å². The molecular weight excluding hydrogens is 345 g/mol. The number of nitrogens with one attached hydrogen (secondary N) is 1. The molecule has 1 aliphatic rings. The first-order chi connectivity index (χ1) is 10.4. The fourth-order valence-corrected chi connectivity index (χ4v) is 2.94. The second kappa shape index (κ2) is 10.2. The van der Waals surface area contributed by atoms with Gasteiger partial charge in [-0.1, -0.05) is 37.3 Å². The highest BCUT2D eigenvalue weighted by molar-refractivity contribution is 5.87. The second-order valence-corrected chi connectivity index (χ2v) is 6.85. The number of benzene rings is 1. The summed E-state index contributed by atoms with van der Waals surface area (Å²) >= 11 is 0. The van der Waals surface area contributed by atoms with Crippen molar-refractivity contribution in [1.82, 2.24) is 10.2 Å². The fourth-order valence-electron chi connectivity index (χ4n) is 2.94. The van der Waals surface area contributed by atoms with Crippen LogP contribution in [0.15, 0.2) is 30.3 Å². The van der Waals surface area contributed by atoms with Crippen molar-refractivity contribution in [3.63, 3.8) is 0 Å². The number of rotatable bonds is 5. The molecule has 2 rings (SSSR count). The zero-order valence-corrected chi connectivity index (χ0v) is 16.5. The highest BCUT2D eigenvalue weighted by atomic mass is 35.5. The summed E-state index contributed by atoms with van der Waals surface area (Å²) < 4.78 is 0. The van der Waals surface area contributed by atoms with E-state index in [1.54, 1.807) is 6.92 Å². The molecule has 0 bridgehead atoms. The molecule has 0 spiro atoms. The van der Waals surface area contributed by atoms with Gasteiger partial charge in [0.2, 0.25) is 5.91 Å². The Morgan fingerprint density at radius 1 is 1.29 bits per heavy atom. The number of carbonyl (C=O) groups excluding carboxylic acids is 1. The van der Waals surface area contributed by atoms with Gasteiger partial charge in [0.25, 0.3) is 0 Å². The highest BCUT2D eigenvalue weighted by Crippen LogP contribution is 2.19. The maximum absolute atomic E-state index is 12.4. The van der Waals surface area contributed by atoms with Crippen molar-refractivity contribution in [2.75, 3.05) is 19.6 Å². The van der Waals surface area contributed by atoms with E-state index in [0.29, 0.717) is 12.6 Å². The third kappa shape index (κ3) is 5.92. The lowest BCUT2D eigenvalue weighted by molar-refractivity contribution is -0.126. The summed E-state index contributed by atoms with van der Waals surface area (Å²) in [5.41, 5.74) is 6.09. The molecule has 24 heavy (non-hydrogen) atoms. The van der Waals surface area contributed by atoms with E-state index in [2.05, 4.69) is 24.1 Å². The minimum absolute atomic E-state index is 0. The number of halogens is 2. The van der Waals surface area contributed by atoms with Gasteiger partial charge < -0.3 is 11.1 Å². The lowest BCUT2D eigenvalue weighted by atomic mass is 9.92. The Hall–Kier alpha value is -0.810. The Morgan fingerprint density at radius 3 is 2.38 bits per heavy atom. The molecule has 0 aliphatic carbocycles. The van der Waals surface area contributed by atoms with Gasteiger partial charge >= 0.3 is 0 Å². The van der Waals surface area contributed by atoms with Gasteiger partial charge in [0.15, 0.2) is 0 Å². The van der Waals surface area contributed by atoms with Crippen molar-refractivity contribution < 1.29 is 4.79 Å². The highest BCUT2D eigenvalue weighted by Gasteiger charge is 2.30. The van der Waals surface area contributed by atoms with Crippen LogP contribution in [0.5, 0.6) is 0 Å². The van der Waals surface area contributed by atoms with Crippen LogP contribution in [0.1, 0.15) is 39.2 Å². The number of hydrogen-bond donors (Lipinski definition) is 2. The summed E-state index contributed by atoms with van der Waals surface area (Å²) in [6.07, 6.45) is 2.49. The van der Waals surface area contributed by atoms with Crippen molar-refractivity contribution >= 4 is 30.7 Å². The van der Waals surface area contributed by atoms with Crippen molar-refractivity contribution in [3.05, 3.63) is 35.9 Å². The van der Waals surface area contributed by atoms with Gasteiger partial charge in [0.05, 0.1) is 0 Å². The summed E-state index contributed by atoms with van der Waals surface area (Å²) in [5.74, 6) is 0.708. The van der Waals surface area contributed by atoms with Crippen molar-refractivity contribution in [2.45, 2.75) is 45.2 Å². The van der Waals surface area contributed by atoms with Crippen LogP contribution < -0.4 is 11.1 Å². The van der Waals surface area contributed by atoms with Gasteiger partial charge in [-0.2, -0.15) is 0 Å². The van der Waals surface area contributed by atoms with Crippen molar-refractivity contribution in [3.8, 4) is 0 Å². The van der Waals surface area contributed by atoms with Crippen LogP contribution >= 0.6 is 24.8 Å². The number of amides is 1. The van der Waals surface area contributed by atoms with Crippen LogP contribution in [-0.4, -0.2) is 36.5 Å². The van der Waals surface area contributed by atoms with E-state index in [0.717, 1.165) is 24.6 Å². The largest absolute Gasteiger partial charge is 0.353 e. The van der Waals surface area contributed by atoms with Crippen molar-refractivity contribution in [2.24, 2.45) is 11.7 Å². The summed E-state index contributed by atoms with van der Waals surface area (Å²) in [6.45, 7) is 9.14. The normalized spacial score (nSPS) is 19.3. The second-order valence-electron chi connectivity index (χ2n) is 6.85. The molecule has 1 fully saturated rings. The zero-order chi connectivity index (χ0) is 16.2. The van der Waals surface area contributed by atoms with Gasteiger partial charge in [-0.3, -0.25) is 9.69 Å². The van der Waals surface area contributed by atoms with Gasteiger partial charge in [0.1, 0.15) is 5.54 Å². The Labute approximate surface area is 158 Å². The predicted molar refractivity (Wildman–Crippen MR) is 105 cm³/mol. The maximum Gasteiger partial charge on any atom is 0.244 e. The third-order valence-electron chi connectivity index (χ3n) is 4.84. The third-order valence-corrected chi connectivity index (χ3v) is 4.84. The molecule has 0 radical (unpaired) electrons. The van der Waals surface area contributed by atoms with Gasteiger partial charge in [-0.05, 0) is 51.3 Å². The molecule has 2 unspecified atom stereocenters. The molecule has 1 heterocycles. The molecule has 1 aromatic rings. The van der Waals surface area contributed by atoms with E-state index in [9.17, 15) is 4.79 Å². The van der Waals surface area contributed by atoms with Crippen LogP contribution in [0.3, 0.4) is 0 Å². The minimum Gasteiger partial charge on any atom is -0.353 e. The number of piperidine rings is 1. The average Bonchev–Trinajstić information content (AvgIpc) is 2.53. The molecule has 0 aromatic heterocycles. The van der Waals surface area contributed by atoms with Crippen LogP contribution in [-0.2, 0) is 10.3 Å². The Morgan fingerprint density at radius 2 is 1.83 bits per heavy atom. The minimum atomic E-state index is -0.989. The molecule has 2 atom stereocenters. The topological polar surface area (TPSA) is 58.4 Å². The Balaban J connectivity index is 0.00000264. The SMILES string of the molecule is CC1CCN(C(C)CNC(=O)C(C)(N)c2ccccc2)CC1.Cl.Cl. The number of hydrogen-bond acceptors (Lipinski definition) is 3. The molecule has 6 heteroatoms. The van der Waals surface area contributed by atoms with E-state index >= 15 is 0 Å². The van der Waals surface area contributed by atoms with E-state index in [4.69, 9.17) is 5.73 Å². The van der Waals surface area contributed by atoms with Gasteiger partial charge in [-0.25, -0.2) is 0 Å². The molecule has 1 amide bonds. The first-order valence-electron chi connectivity index (χ1n) is 8.28. The smallest absolute Gasteiger partial charge is 0.244 e. The quantitative estimate of drug-likeness (QED) is 0.831. The summed E-state index contributed by atoms with van der Waals surface area (Å²) in [6, 6.07) is 9.89. The van der Waals surface area contributed by atoms with E-state index in [1.165, 1.54) is 12.8 Å². The number of likely N-dealkylation sites (tertiary alicyclic amines) is 1. The molecule has 1 aliphatic heterocycles. The van der Waals surface area contributed by atoms with Gasteiger partial charge in [0, 0.05) is 12.6 Å². The van der Waals surface area contributed by atoms with Crippen LogP contribution in [0.25, 0.3) is 0 Å². The zero-order valence-electron chi connectivity index (χ0n) is 14.8. The molecule has 1 saturated heterocycles. The molecule has 3 N–H and O–H groups in total. The number of nitrogens with zero attached hydrogens (tertiary/aromatic N) is 1. The van der Waals surface area contributed by atoms with E-state index in [-0.39, 0.29) is 30.7 Å². The predicted octanol–water partition coefficient (Wildman–Crippen LogP) is 2.94. The summed E-state index contributed by atoms with van der Waals surface area (Å²) in [4.78, 5) is 14.9.